The van der Waals surface area contributed by atoms with E-state index in [1.165, 1.54) is 0 Å². The molecule has 1 aliphatic carbocycles. The lowest BCUT2D eigenvalue weighted by Crippen LogP contribution is -2.28. The molecule has 0 amide bonds. The van der Waals surface area contributed by atoms with Gasteiger partial charge in [0.05, 0.1) is 4.90 Å². The van der Waals surface area contributed by atoms with Gasteiger partial charge in [-0.3, -0.25) is 0 Å². The van der Waals surface area contributed by atoms with Crippen LogP contribution in [-0.4, -0.2) is 19.8 Å². The summed E-state index contributed by atoms with van der Waals surface area (Å²) < 4.78 is 26.6. The first kappa shape index (κ1) is 13.1. The molecule has 1 fully saturated rings. The van der Waals surface area contributed by atoms with E-state index in [1.54, 1.807) is 24.3 Å². The Bertz CT molecular complexity index is 461. The zero-order chi connectivity index (χ0) is 12.3. The molecule has 0 radical (unpaired) electrons. The van der Waals surface area contributed by atoms with Crippen LogP contribution in [0, 0.1) is 5.92 Å². The normalized spacial score (nSPS) is 25.0. The molecular weight excluding hydrogens is 302 g/mol. The molecule has 1 saturated carbocycles. The Morgan fingerprint density at radius 2 is 1.94 bits per heavy atom. The Morgan fingerprint density at radius 1 is 1.24 bits per heavy atom. The van der Waals surface area contributed by atoms with E-state index in [9.17, 15) is 8.42 Å². The van der Waals surface area contributed by atoms with Crippen LogP contribution in [0.3, 0.4) is 0 Å². The van der Waals surface area contributed by atoms with Gasteiger partial charge in [0.15, 0.2) is 0 Å². The van der Waals surface area contributed by atoms with E-state index >= 15 is 0 Å². The molecule has 94 valence electrons. The number of benzene rings is 1. The van der Waals surface area contributed by atoms with Crippen molar-refractivity contribution in [2.45, 2.75) is 29.0 Å². The first-order valence-corrected chi connectivity index (χ1v) is 8.16. The first-order chi connectivity index (χ1) is 8.08. The van der Waals surface area contributed by atoms with E-state index in [-0.39, 0.29) is 0 Å². The van der Waals surface area contributed by atoms with Crippen LogP contribution in [0.5, 0.6) is 0 Å². The molecule has 0 heterocycles. The van der Waals surface area contributed by atoms with Gasteiger partial charge in [-0.15, -0.1) is 0 Å². The highest BCUT2D eigenvalue weighted by Crippen LogP contribution is 2.30. The van der Waals surface area contributed by atoms with Crippen molar-refractivity contribution < 1.29 is 8.42 Å². The number of sulfonamides is 1. The molecule has 1 aromatic rings. The van der Waals surface area contributed by atoms with Gasteiger partial charge in [0.1, 0.15) is 0 Å². The number of nitrogens with one attached hydrogen (secondary N) is 1. The molecule has 17 heavy (non-hydrogen) atoms. The minimum absolute atomic E-state index is 0.341. The van der Waals surface area contributed by atoms with Gasteiger partial charge < -0.3 is 0 Å². The van der Waals surface area contributed by atoms with Gasteiger partial charge in [-0.25, -0.2) is 13.1 Å². The van der Waals surface area contributed by atoms with Gasteiger partial charge >= 0.3 is 0 Å². The number of hydrogen-bond donors (Lipinski definition) is 1. The molecule has 1 aliphatic rings. The summed E-state index contributed by atoms with van der Waals surface area (Å²) in [6.07, 6.45) is 3.28. The second-order valence-corrected chi connectivity index (χ2v) is 7.50. The number of alkyl halides is 1. The molecule has 1 aromatic carbocycles. The predicted octanol–water partition coefficient (Wildman–Crippen LogP) is 2.53. The largest absolute Gasteiger partial charge is 0.240 e. The van der Waals surface area contributed by atoms with Crippen LogP contribution >= 0.6 is 15.9 Å². The average Bonchev–Trinajstić information content (AvgIpc) is 2.74. The summed E-state index contributed by atoms with van der Waals surface area (Å²) in [4.78, 5) is 0.891. The SMILES string of the molecule is O=S(=O)(NCC1CCC(Br)C1)c1ccccc1. The van der Waals surface area contributed by atoms with E-state index in [4.69, 9.17) is 0 Å². The summed E-state index contributed by atoms with van der Waals surface area (Å²) in [7, 11) is -3.33. The van der Waals surface area contributed by atoms with Gasteiger partial charge in [-0.2, -0.15) is 0 Å². The second-order valence-electron chi connectivity index (χ2n) is 4.44. The maximum absolute atomic E-state index is 11.9. The van der Waals surface area contributed by atoms with Crippen molar-refractivity contribution in [2.24, 2.45) is 5.92 Å². The lowest BCUT2D eigenvalue weighted by molar-refractivity contribution is 0.521. The first-order valence-electron chi connectivity index (χ1n) is 5.77. The molecule has 0 aliphatic heterocycles. The maximum atomic E-state index is 11.9. The smallest absolute Gasteiger partial charge is 0.211 e. The lowest BCUT2D eigenvalue weighted by Gasteiger charge is -2.11. The van der Waals surface area contributed by atoms with Crippen molar-refractivity contribution in [3.63, 3.8) is 0 Å². The number of rotatable bonds is 4. The highest BCUT2D eigenvalue weighted by atomic mass is 79.9. The third-order valence-corrected chi connectivity index (χ3v) is 5.36. The van der Waals surface area contributed by atoms with Crippen molar-refractivity contribution in [3.8, 4) is 0 Å². The van der Waals surface area contributed by atoms with E-state index in [2.05, 4.69) is 20.7 Å². The minimum Gasteiger partial charge on any atom is -0.211 e. The molecule has 5 heteroatoms. The van der Waals surface area contributed by atoms with Crippen molar-refractivity contribution in [2.75, 3.05) is 6.54 Å². The van der Waals surface area contributed by atoms with Gasteiger partial charge in [0, 0.05) is 11.4 Å². The fourth-order valence-corrected chi connectivity index (χ4v) is 4.04. The number of halogens is 1. The highest BCUT2D eigenvalue weighted by Gasteiger charge is 2.24. The fraction of sp³-hybridized carbons (Fsp3) is 0.500. The molecule has 1 N–H and O–H groups in total. The van der Waals surface area contributed by atoms with E-state index in [1.807, 2.05) is 6.07 Å². The molecule has 0 bridgehead atoms. The van der Waals surface area contributed by atoms with E-state index < -0.39 is 10.0 Å². The van der Waals surface area contributed by atoms with Gasteiger partial charge in [-0.1, -0.05) is 34.1 Å². The van der Waals surface area contributed by atoms with Crippen molar-refractivity contribution in [3.05, 3.63) is 30.3 Å². The average molecular weight is 318 g/mol. The van der Waals surface area contributed by atoms with Crippen molar-refractivity contribution in [1.29, 1.82) is 0 Å². The molecule has 0 aromatic heterocycles. The number of hydrogen-bond acceptors (Lipinski definition) is 2. The van der Waals surface area contributed by atoms with Crippen LogP contribution in [0.4, 0.5) is 0 Å². The Balaban J connectivity index is 1.95. The summed E-state index contributed by atoms with van der Waals surface area (Å²) in [5, 5.41) is 0. The predicted molar refractivity (Wildman–Crippen MR) is 71.7 cm³/mol. The van der Waals surface area contributed by atoms with E-state index in [0.29, 0.717) is 22.2 Å². The van der Waals surface area contributed by atoms with Crippen LogP contribution < -0.4 is 4.72 Å². The van der Waals surface area contributed by atoms with Gasteiger partial charge in [0.25, 0.3) is 0 Å². The van der Waals surface area contributed by atoms with Crippen LogP contribution in [0.15, 0.2) is 35.2 Å². The summed E-state index contributed by atoms with van der Waals surface area (Å²) in [6, 6.07) is 8.51. The molecule has 3 nitrogen and oxygen atoms in total. The quantitative estimate of drug-likeness (QED) is 0.867. The maximum Gasteiger partial charge on any atom is 0.240 e. The van der Waals surface area contributed by atoms with E-state index in [0.717, 1.165) is 19.3 Å². The van der Waals surface area contributed by atoms with Crippen LogP contribution in [-0.2, 0) is 10.0 Å². The Hall–Kier alpha value is -0.390. The molecule has 2 rings (SSSR count). The van der Waals surface area contributed by atoms with Crippen LogP contribution in [0.2, 0.25) is 0 Å². The highest BCUT2D eigenvalue weighted by molar-refractivity contribution is 9.09. The summed E-state index contributed by atoms with van der Waals surface area (Å²) in [5.74, 6) is 0.456. The van der Waals surface area contributed by atoms with Crippen LogP contribution in [0.1, 0.15) is 19.3 Å². The molecule has 2 unspecified atom stereocenters. The lowest BCUT2D eigenvalue weighted by atomic mass is 10.1. The minimum atomic E-state index is -3.33. The monoisotopic (exact) mass is 317 g/mol. The third kappa shape index (κ3) is 3.53. The second kappa shape index (κ2) is 5.50. The summed E-state index contributed by atoms with van der Waals surface area (Å²) >= 11 is 3.57. The molecular formula is C12H16BrNO2S. The fourth-order valence-electron chi connectivity index (χ4n) is 2.11. The summed E-state index contributed by atoms with van der Waals surface area (Å²) in [5.41, 5.74) is 0. The molecule has 0 saturated heterocycles. The van der Waals surface area contributed by atoms with Gasteiger partial charge in [0.2, 0.25) is 10.0 Å². The standard InChI is InChI=1S/C12H16BrNO2S/c13-11-7-6-10(8-11)9-14-17(15,16)12-4-2-1-3-5-12/h1-5,10-11,14H,6-9H2. The Kier molecular flexibility index (Phi) is 4.22. The van der Waals surface area contributed by atoms with Gasteiger partial charge in [-0.05, 0) is 37.3 Å². The third-order valence-electron chi connectivity index (χ3n) is 3.09. The molecule has 0 spiro atoms. The van der Waals surface area contributed by atoms with Crippen molar-refractivity contribution >= 4 is 26.0 Å². The Morgan fingerprint density at radius 3 is 2.53 bits per heavy atom. The van der Waals surface area contributed by atoms with Crippen molar-refractivity contribution in [1.82, 2.24) is 4.72 Å². The summed E-state index contributed by atoms with van der Waals surface area (Å²) in [6.45, 7) is 0.541. The topological polar surface area (TPSA) is 46.2 Å². The zero-order valence-electron chi connectivity index (χ0n) is 9.47. The Labute approximate surface area is 111 Å². The zero-order valence-corrected chi connectivity index (χ0v) is 11.9. The van der Waals surface area contributed by atoms with Crippen LogP contribution in [0.25, 0.3) is 0 Å². The molecule has 2 atom stereocenters.